The van der Waals surface area contributed by atoms with Gasteiger partial charge in [-0.1, -0.05) is 0 Å². The highest BCUT2D eigenvalue weighted by molar-refractivity contribution is 7.99. The van der Waals surface area contributed by atoms with Crippen molar-refractivity contribution in [2.45, 2.75) is 24.8 Å². The van der Waals surface area contributed by atoms with Crippen LogP contribution in [-0.2, 0) is 4.79 Å². The molecule has 0 fully saturated rings. The molecule has 0 saturated heterocycles. The molecule has 0 aliphatic carbocycles. The van der Waals surface area contributed by atoms with E-state index in [9.17, 15) is 4.79 Å². The molecule has 21 heavy (non-hydrogen) atoms. The van der Waals surface area contributed by atoms with E-state index in [-0.39, 0.29) is 5.91 Å². The van der Waals surface area contributed by atoms with Gasteiger partial charge in [-0.15, -0.1) is 11.8 Å². The van der Waals surface area contributed by atoms with Gasteiger partial charge in [0.2, 0.25) is 5.91 Å². The van der Waals surface area contributed by atoms with Crippen LogP contribution in [0.1, 0.15) is 18.4 Å². The second-order valence-electron chi connectivity index (χ2n) is 4.62. The van der Waals surface area contributed by atoms with Crippen LogP contribution in [0.4, 0.5) is 11.4 Å². The number of nitrogen functional groups attached to an aromatic ring is 1. The van der Waals surface area contributed by atoms with Crippen LogP contribution < -0.4 is 11.1 Å². The van der Waals surface area contributed by atoms with Gasteiger partial charge in [0.05, 0.1) is 5.03 Å². The molecule has 0 saturated carbocycles. The lowest BCUT2D eigenvalue weighted by atomic mass is 10.1. The zero-order valence-electron chi connectivity index (χ0n) is 11.9. The number of hydrogen-bond donors (Lipinski definition) is 2. The van der Waals surface area contributed by atoms with Crippen LogP contribution in [0.2, 0.25) is 0 Å². The number of aryl methyl sites for hydroxylation is 1. The molecular formula is C15H18N4OS. The summed E-state index contributed by atoms with van der Waals surface area (Å²) in [6.45, 7) is 1.93. The van der Waals surface area contributed by atoms with Crippen LogP contribution in [0, 0.1) is 6.92 Å². The average molecular weight is 302 g/mol. The fraction of sp³-hybridized carbons (Fsp3) is 0.267. The van der Waals surface area contributed by atoms with Crippen molar-refractivity contribution in [3.8, 4) is 0 Å². The first-order chi connectivity index (χ1) is 10.1. The number of anilines is 2. The van der Waals surface area contributed by atoms with Crippen LogP contribution in [-0.4, -0.2) is 21.6 Å². The fourth-order valence-electron chi connectivity index (χ4n) is 1.81. The lowest BCUT2D eigenvalue weighted by Crippen LogP contribution is -2.12. The summed E-state index contributed by atoms with van der Waals surface area (Å²) in [5, 5.41) is 3.84. The molecule has 0 unspecified atom stereocenters. The number of amides is 1. The number of aromatic nitrogens is 2. The van der Waals surface area contributed by atoms with Gasteiger partial charge in [-0.25, -0.2) is 9.97 Å². The minimum atomic E-state index is 0.0196. The SMILES string of the molecule is Cc1cc(N)ccc1NC(=O)CCCSc1ccncn1. The van der Waals surface area contributed by atoms with Crippen molar-refractivity contribution in [2.75, 3.05) is 16.8 Å². The first-order valence-electron chi connectivity index (χ1n) is 6.70. The Morgan fingerprint density at radius 2 is 2.24 bits per heavy atom. The maximum atomic E-state index is 11.9. The van der Waals surface area contributed by atoms with Gasteiger partial charge in [-0.3, -0.25) is 4.79 Å². The number of thioether (sulfide) groups is 1. The summed E-state index contributed by atoms with van der Waals surface area (Å²) < 4.78 is 0. The Hall–Kier alpha value is -2.08. The number of nitrogens with zero attached hydrogens (tertiary/aromatic N) is 2. The van der Waals surface area contributed by atoms with Gasteiger partial charge in [-0.2, -0.15) is 0 Å². The van der Waals surface area contributed by atoms with E-state index >= 15 is 0 Å². The van der Waals surface area contributed by atoms with Crippen LogP contribution in [0.15, 0.2) is 41.8 Å². The minimum Gasteiger partial charge on any atom is -0.399 e. The summed E-state index contributed by atoms with van der Waals surface area (Å²) in [7, 11) is 0. The predicted octanol–water partition coefficient (Wildman–Crippen LogP) is 2.88. The third kappa shape index (κ3) is 5.07. The molecule has 0 radical (unpaired) electrons. The summed E-state index contributed by atoms with van der Waals surface area (Å²) in [6.07, 6.45) is 4.53. The van der Waals surface area contributed by atoms with E-state index in [0.29, 0.717) is 12.1 Å². The number of nitrogens with one attached hydrogen (secondary N) is 1. The number of carbonyl (C=O) groups is 1. The van der Waals surface area contributed by atoms with E-state index < -0.39 is 0 Å². The Balaban J connectivity index is 1.72. The Bertz CT molecular complexity index is 604. The molecule has 2 aromatic rings. The molecule has 3 N–H and O–H groups in total. The molecule has 0 bridgehead atoms. The first kappa shape index (κ1) is 15.3. The Kier molecular flexibility index (Phi) is 5.57. The molecule has 0 spiro atoms. The van der Waals surface area contributed by atoms with Crippen molar-refractivity contribution in [2.24, 2.45) is 0 Å². The third-order valence-electron chi connectivity index (χ3n) is 2.88. The zero-order valence-corrected chi connectivity index (χ0v) is 12.7. The van der Waals surface area contributed by atoms with E-state index in [2.05, 4.69) is 15.3 Å². The van der Waals surface area contributed by atoms with Gasteiger partial charge in [0.15, 0.2) is 0 Å². The van der Waals surface area contributed by atoms with Gasteiger partial charge in [-0.05, 0) is 48.9 Å². The van der Waals surface area contributed by atoms with Crippen molar-refractivity contribution in [3.05, 3.63) is 42.4 Å². The van der Waals surface area contributed by atoms with E-state index in [1.807, 2.05) is 25.1 Å². The van der Waals surface area contributed by atoms with Crippen LogP contribution in [0.25, 0.3) is 0 Å². The lowest BCUT2D eigenvalue weighted by molar-refractivity contribution is -0.116. The maximum Gasteiger partial charge on any atom is 0.224 e. The van der Waals surface area contributed by atoms with Crippen molar-refractivity contribution in [1.29, 1.82) is 0 Å². The minimum absolute atomic E-state index is 0.0196. The number of rotatable bonds is 6. The molecule has 0 aliphatic rings. The Morgan fingerprint density at radius 3 is 2.95 bits per heavy atom. The summed E-state index contributed by atoms with van der Waals surface area (Å²) >= 11 is 1.63. The number of hydrogen-bond acceptors (Lipinski definition) is 5. The first-order valence-corrected chi connectivity index (χ1v) is 7.68. The molecule has 2 rings (SSSR count). The second-order valence-corrected chi connectivity index (χ2v) is 5.74. The third-order valence-corrected chi connectivity index (χ3v) is 3.91. The molecule has 5 nitrogen and oxygen atoms in total. The largest absolute Gasteiger partial charge is 0.399 e. The van der Waals surface area contributed by atoms with Gasteiger partial charge in [0, 0.05) is 24.0 Å². The average Bonchev–Trinajstić information content (AvgIpc) is 2.48. The fourth-order valence-corrected chi connectivity index (χ4v) is 2.59. The molecule has 0 aliphatic heterocycles. The highest BCUT2D eigenvalue weighted by atomic mass is 32.2. The smallest absolute Gasteiger partial charge is 0.224 e. The Morgan fingerprint density at radius 1 is 1.38 bits per heavy atom. The van der Waals surface area contributed by atoms with Crippen LogP contribution >= 0.6 is 11.8 Å². The van der Waals surface area contributed by atoms with Crippen LogP contribution in [0.5, 0.6) is 0 Å². The highest BCUT2D eigenvalue weighted by Gasteiger charge is 2.05. The number of carbonyl (C=O) groups excluding carboxylic acids is 1. The molecule has 1 amide bonds. The lowest BCUT2D eigenvalue weighted by Gasteiger charge is -2.08. The van der Waals surface area contributed by atoms with E-state index in [1.54, 1.807) is 24.0 Å². The molecular weight excluding hydrogens is 284 g/mol. The molecule has 1 heterocycles. The monoisotopic (exact) mass is 302 g/mol. The van der Waals surface area contributed by atoms with E-state index in [4.69, 9.17) is 5.73 Å². The summed E-state index contributed by atoms with van der Waals surface area (Å²) in [5.74, 6) is 0.872. The number of nitrogens with two attached hydrogens (primary N) is 1. The second kappa shape index (κ2) is 7.64. The highest BCUT2D eigenvalue weighted by Crippen LogP contribution is 2.19. The maximum absolute atomic E-state index is 11.9. The van der Waals surface area contributed by atoms with E-state index in [0.717, 1.165) is 28.5 Å². The van der Waals surface area contributed by atoms with Crippen molar-refractivity contribution < 1.29 is 4.79 Å². The number of benzene rings is 1. The Labute approximate surface area is 128 Å². The predicted molar refractivity (Wildman–Crippen MR) is 86.2 cm³/mol. The normalized spacial score (nSPS) is 10.3. The van der Waals surface area contributed by atoms with Crippen molar-refractivity contribution in [3.63, 3.8) is 0 Å². The van der Waals surface area contributed by atoms with Gasteiger partial charge >= 0.3 is 0 Å². The van der Waals surface area contributed by atoms with Crippen LogP contribution in [0.3, 0.4) is 0 Å². The van der Waals surface area contributed by atoms with E-state index in [1.165, 1.54) is 6.33 Å². The summed E-state index contributed by atoms with van der Waals surface area (Å²) in [5.41, 5.74) is 8.17. The van der Waals surface area contributed by atoms with Gasteiger partial charge in [0.25, 0.3) is 0 Å². The van der Waals surface area contributed by atoms with Crippen molar-refractivity contribution in [1.82, 2.24) is 9.97 Å². The summed E-state index contributed by atoms with van der Waals surface area (Å²) in [4.78, 5) is 19.9. The molecule has 1 aromatic carbocycles. The summed E-state index contributed by atoms with van der Waals surface area (Å²) in [6, 6.07) is 7.33. The zero-order chi connectivity index (χ0) is 15.1. The molecule has 110 valence electrons. The van der Waals surface area contributed by atoms with Crippen molar-refractivity contribution >= 4 is 29.0 Å². The van der Waals surface area contributed by atoms with Gasteiger partial charge < -0.3 is 11.1 Å². The topological polar surface area (TPSA) is 80.9 Å². The molecule has 6 heteroatoms. The molecule has 1 aromatic heterocycles. The standard InChI is InChI=1S/C15H18N4OS/c1-11-9-12(16)4-5-13(11)19-14(20)3-2-8-21-15-6-7-17-10-18-15/h4-7,9-10H,2-3,8,16H2,1H3,(H,19,20). The van der Waals surface area contributed by atoms with Gasteiger partial charge in [0.1, 0.15) is 6.33 Å². The molecule has 0 atom stereocenters. The quantitative estimate of drug-likeness (QED) is 0.371.